The second kappa shape index (κ2) is 4.20. The van der Waals surface area contributed by atoms with E-state index in [2.05, 4.69) is 4.98 Å². The summed E-state index contributed by atoms with van der Waals surface area (Å²) in [7, 11) is 0. The second-order valence-electron chi connectivity index (χ2n) is 2.56. The molecule has 0 aromatic carbocycles. The Morgan fingerprint density at radius 1 is 1.54 bits per heavy atom. The lowest BCUT2D eigenvalue weighted by Gasteiger charge is -2.10. The largest absolute Gasteiger partial charge is 0.264 e. The van der Waals surface area contributed by atoms with E-state index >= 15 is 0 Å². The fourth-order valence-corrected chi connectivity index (χ4v) is 1.64. The van der Waals surface area contributed by atoms with Crippen LogP contribution >= 0.6 is 23.2 Å². The molecule has 0 atom stereocenters. The van der Waals surface area contributed by atoms with E-state index in [4.69, 9.17) is 23.2 Å². The lowest BCUT2D eigenvalue weighted by atomic mass is 10.1. The molecular formula is C8H7Cl2F2N. The van der Waals surface area contributed by atoms with Gasteiger partial charge in [0.15, 0.2) is 0 Å². The molecule has 5 heteroatoms. The highest BCUT2D eigenvalue weighted by atomic mass is 35.5. The van der Waals surface area contributed by atoms with Crippen LogP contribution in [0.15, 0.2) is 6.20 Å². The topological polar surface area (TPSA) is 12.9 Å². The van der Waals surface area contributed by atoms with Crippen LogP contribution in [0.3, 0.4) is 0 Å². The van der Waals surface area contributed by atoms with Crippen molar-refractivity contribution >= 4 is 23.2 Å². The van der Waals surface area contributed by atoms with E-state index in [0.29, 0.717) is 5.56 Å². The van der Waals surface area contributed by atoms with E-state index in [1.54, 1.807) is 6.92 Å². The minimum Gasteiger partial charge on any atom is -0.244 e. The molecule has 0 saturated heterocycles. The van der Waals surface area contributed by atoms with Crippen molar-refractivity contribution in [2.24, 2.45) is 0 Å². The quantitative estimate of drug-likeness (QED) is 0.553. The Bertz CT molecular complexity index is 315. The molecule has 1 heterocycles. The van der Waals surface area contributed by atoms with Crippen molar-refractivity contribution in [2.45, 2.75) is 19.2 Å². The van der Waals surface area contributed by atoms with Crippen molar-refractivity contribution < 1.29 is 8.78 Å². The van der Waals surface area contributed by atoms with Crippen LogP contribution < -0.4 is 0 Å². The Labute approximate surface area is 84.7 Å². The summed E-state index contributed by atoms with van der Waals surface area (Å²) in [4.78, 5) is 3.74. The predicted octanol–water partition coefficient (Wildman–Crippen LogP) is 3.72. The Morgan fingerprint density at radius 3 is 2.54 bits per heavy atom. The van der Waals surface area contributed by atoms with E-state index in [1.807, 2.05) is 0 Å². The molecule has 13 heavy (non-hydrogen) atoms. The molecule has 72 valence electrons. The smallest absolute Gasteiger partial charge is 0.244 e. The Hall–Kier alpha value is -0.410. The highest BCUT2D eigenvalue weighted by Crippen LogP contribution is 2.30. The second-order valence-corrected chi connectivity index (χ2v) is 3.18. The molecule has 0 amide bonds. The third-order valence-corrected chi connectivity index (χ3v) is 2.32. The molecule has 0 spiro atoms. The fourth-order valence-electron chi connectivity index (χ4n) is 1.08. The SMILES string of the molecule is Cc1cnc(Cl)c(CCl)c1C(F)F. The van der Waals surface area contributed by atoms with E-state index in [-0.39, 0.29) is 22.2 Å². The number of pyridine rings is 1. The molecule has 1 aromatic rings. The minimum absolute atomic E-state index is 0.0484. The fraction of sp³-hybridized carbons (Fsp3) is 0.375. The van der Waals surface area contributed by atoms with Gasteiger partial charge in [-0.3, -0.25) is 0 Å². The van der Waals surface area contributed by atoms with E-state index in [0.717, 1.165) is 0 Å². The number of alkyl halides is 3. The van der Waals surface area contributed by atoms with Gasteiger partial charge in [-0.15, -0.1) is 11.6 Å². The first kappa shape index (κ1) is 10.7. The highest BCUT2D eigenvalue weighted by molar-refractivity contribution is 6.31. The summed E-state index contributed by atoms with van der Waals surface area (Å²) >= 11 is 11.1. The third kappa shape index (κ3) is 2.09. The predicted molar refractivity (Wildman–Crippen MR) is 48.5 cm³/mol. The lowest BCUT2D eigenvalue weighted by molar-refractivity contribution is 0.149. The summed E-state index contributed by atoms with van der Waals surface area (Å²) < 4.78 is 25.0. The molecule has 1 aromatic heterocycles. The number of halogens is 4. The van der Waals surface area contributed by atoms with Gasteiger partial charge < -0.3 is 0 Å². The first-order chi connectivity index (χ1) is 6.07. The number of nitrogens with zero attached hydrogens (tertiary/aromatic N) is 1. The van der Waals surface area contributed by atoms with E-state index in [1.165, 1.54) is 6.20 Å². The van der Waals surface area contributed by atoms with Gasteiger partial charge in [0.25, 0.3) is 6.43 Å². The number of hydrogen-bond donors (Lipinski definition) is 0. The molecule has 0 unspecified atom stereocenters. The van der Waals surface area contributed by atoms with Crippen molar-refractivity contribution in [1.82, 2.24) is 4.98 Å². The third-order valence-electron chi connectivity index (χ3n) is 1.72. The first-order valence-electron chi connectivity index (χ1n) is 3.56. The van der Waals surface area contributed by atoms with Gasteiger partial charge in [0.1, 0.15) is 5.15 Å². The van der Waals surface area contributed by atoms with E-state index in [9.17, 15) is 8.78 Å². The van der Waals surface area contributed by atoms with Gasteiger partial charge in [0.05, 0.1) is 5.88 Å². The first-order valence-corrected chi connectivity index (χ1v) is 4.47. The van der Waals surface area contributed by atoms with Crippen LogP contribution in [-0.2, 0) is 5.88 Å². The van der Waals surface area contributed by atoms with Gasteiger partial charge in [0, 0.05) is 17.3 Å². The minimum atomic E-state index is -2.56. The number of aromatic nitrogens is 1. The molecule has 0 bridgehead atoms. The van der Waals surface area contributed by atoms with Crippen molar-refractivity contribution in [3.05, 3.63) is 28.0 Å². The average molecular weight is 226 g/mol. The number of hydrogen-bond acceptors (Lipinski definition) is 1. The van der Waals surface area contributed by atoms with Gasteiger partial charge >= 0.3 is 0 Å². The van der Waals surface area contributed by atoms with Crippen molar-refractivity contribution in [2.75, 3.05) is 0 Å². The van der Waals surface area contributed by atoms with Crippen molar-refractivity contribution in [1.29, 1.82) is 0 Å². The monoisotopic (exact) mass is 225 g/mol. The molecule has 0 aliphatic carbocycles. The van der Waals surface area contributed by atoms with Crippen LogP contribution in [0, 0.1) is 6.92 Å². The number of aryl methyl sites for hydroxylation is 1. The van der Waals surface area contributed by atoms with Gasteiger partial charge in [-0.2, -0.15) is 0 Å². The molecule has 0 N–H and O–H groups in total. The maximum atomic E-state index is 12.5. The molecule has 0 aliphatic rings. The van der Waals surface area contributed by atoms with Crippen LogP contribution in [0.2, 0.25) is 5.15 Å². The van der Waals surface area contributed by atoms with Crippen LogP contribution in [-0.4, -0.2) is 4.98 Å². The summed E-state index contributed by atoms with van der Waals surface area (Å²) in [5.41, 5.74) is 0.531. The summed E-state index contributed by atoms with van der Waals surface area (Å²) in [5.74, 6) is -0.0484. The maximum absolute atomic E-state index is 12.5. The zero-order valence-electron chi connectivity index (χ0n) is 6.82. The Morgan fingerprint density at radius 2 is 2.15 bits per heavy atom. The summed E-state index contributed by atoms with van der Waals surface area (Å²) in [5, 5.41) is 0.0518. The lowest BCUT2D eigenvalue weighted by Crippen LogP contribution is -1.99. The van der Waals surface area contributed by atoms with Crippen LogP contribution in [0.25, 0.3) is 0 Å². The summed E-state index contributed by atoms with van der Waals surface area (Å²) in [6.07, 6.45) is -1.24. The van der Waals surface area contributed by atoms with Crippen molar-refractivity contribution in [3.63, 3.8) is 0 Å². The Balaban J connectivity index is 3.35. The van der Waals surface area contributed by atoms with Gasteiger partial charge in [-0.05, 0) is 12.5 Å². The maximum Gasteiger partial charge on any atom is 0.264 e. The summed E-state index contributed by atoms with van der Waals surface area (Å²) in [6, 6.07) is 0. The zero-order chi connectivity index (χ0) is 10.0. The number of rotatable bonds is 2. The highest BCUT2D eigenvalue weighted by Gasteiger charge is 2.18. The average Bonchev–Trinajstić information content (AvgIpc) is 2.07. The summed E-state index contributed by atoms with van der Waals surface area (Å²) in [6.45, 7) is 1.56. The molecule has 0 aliphatic heterocycles. The van der Waals surface area contributed by atoms with Crippen LogP contribution in [0.4, 0.5) is 8.78 Å². The standard InChI is InChI=1S/C8H7Cl2F2N/c1-4-3-13-7(10)5(2-9)6(4)8(11)12/h3,8H,2H2,1H3. The molecule has 1 nitrogen and oxygen atoms in total. The Kier molecular flexibility index (Phi) is 3.45. The zero-order valence-corrected chi connectivity index (χ0v) is 8.33. The molecule has 0 saturated carbocycles. The van der Waals surface area contributed by atoms with Crippen LogP contribution in [0.1, 0.15) is 23.1 Å². The van der Waals surface area contributed by atoms with Gasteiger partial charge in [0.2, 0.25) is 0 Å². The normalized spacial score (nSPS) is 10.9. The molecular weight excluding hydrogens is 219 g/mol. The molecule has 0 fully saturated rings. The van der Waals surface area contributed by atoms with Gasteiger partial charge in [-0.1, -0.05) is 11.6 Å². The molecule has 1 rings (SSSR count). The molecule has 0 radical (unpaired) electrons. The van der Waals surface area contributed by atoms with Gasteiger partial charge in [-0.25, -0.2) is 13.8 Å². The van der Waals surface area contributed by atoms with Crippen LogP contribution in [0.5, 0.6) is 0 Å². The van der Waals surface area contributed by atoms with Crippen molar-refractivity contribution in [3.8, 4) is 0 Å². The van der Waals surface area contributed by atoms with E-state index < -0.39 is 6.43 Å².